The minimum absolute atomic E-state index is 0.652. The molecule has 1 saturated heterocycles. The second-order valence-electron chi connectivity index (χ2n) is 6.56. The Kier molecular flexibility index (Phi) is 4.59. The molecule has 3 heteroatoms. The smallest absolute Gasteiger partial charge is 0.0595 e. The molecule has 2 unspecified atom stereocenters. The predicted octanol–water partition coefficient (Wildman–Crippen LogP) is 5.10. The normalized spacial score (nSPS) is 27.6. The molecule has 0 radical (unpaired) electrons. The number of benzene rings is 1. The molecule has 1 saturated carbocycles. The molecule has 0 aromatic heterocycles. The summed E-state index contributed by atoms with van der Waals surface area (Å²) in [5, 5.41) is 4.85. The van der Waals surface area contributed by atoms with E-state index in [9.17, 15) is 0 Å². The molecule has 1 heterocycles. The van der Waals surface area contributed by atoms with Crippen LogP contribution in [0.25, 0.3) is 0 Å². The molecule has 1 aromatic carbocycles. The zero-order valence-corrected chi connectivity index (χ0v) is 13.4. The van der Waals surface area contributed by atoms with Gasteiger partial charge in [0.2, 0.25) is 0 Å². The van der Waals surface area contributed by atoms with Gasteiger partial charge < -0.3 is 5.32 Å². The van der Waals surface area contributed by atoms with Crippen LogP contribution in [0.5, 0.6) is 0 Å². The van der Waals surface area contributed by atoms with E-state index in [0.29, 0.717) is 10.0 Å². The quantitative estimate of drug-likeness (QED) is 0.691. The van der Waals surface area contributed by atoms with Gasteiger partial charge in [0.05, 0.1) is 10.0 Å². The number of aryl methyl sites for hydroxylation is 1. The van der Waals surface area contributed by atoms with Crippen molar-refractivity contribution in [1.82, 2.24) is 5.32 Å². The predicted molar refractivity (Wildman–Crippen MR) is 86.7 cm³/mol. The van der Waals surface area contributed by atoms with Gasteiger partial charge in [0.1, 0.15) is 0 Å². The van der Waals surface area contributed by atoms with Crippen LogP contribution in [0.3, 0.4) is 0 Å². The molecule has 0 bridgehead atoms. The summed E-state index contributed by atoms with van der Waals surface area (Å²) in [4.78, 5) is 0. The lowest BCUT2D eigenvalue weighted by molar-refractivity contribution is 0.437. The lowest BCUT2D eigenvalue weighted by Gasteiger charge is -2.11. The fraction of sp³-hybridized carbons (Fsp3) is 0.647. The summed E-state index contributed by atoms with van der Waals surface area (Å²) < 4.78 is 0. The van der Waals surface area contributed by atoms with E-state index >= 15 is 0 Å². The molecule has 2 aliphatic rings. The van der Waals surface area contributed by atoms with Crippen LogP contribution in [0, 0.1) is 11.3 Å². The lowest BCUT2D eigenvalue weighted by Crippen LogP contribution is -2.16. The number of hydrogen-bond donors (Lipinski definition) is 1. The van der Waals surface area contributed by atoms with Gasteiger partial charge >= 0.3 is 0 Å². The molecular formula is C17H23Cl2N. The average molecular weight is 312 g/mol. The molecule has 2 atom stereocenters. The monoisotopic (exact) mass is 311 g/mol. The lowest BCUT2D eigenvalue weighted by atomic mass is 9.96. The third-order valence-corrected chi connectivity index (χ3v) is 5.84. The van der Waals surface area contributed by atoms with E-state index in [1.807, 2.05) is 12.1 Å². The number of hydrogen-bond acceptors (Lipinski definition) is 1. The van der Waals surface area contributed by atoms with Gasteiger partial charge in [0.25, 0.3) is 0 Å². The standard InChI is InChI=1S/C17H23Cl2N/c18-15-7-6-13(9-16(15)19)5-3-1-2-4-8-17-10-14(17)11-20-12-17/h6-7,9,14,20H,1-5,8,10-12H2. The van der Waals surface area contributed by atoms with Gasteiger partial charge in [-0.05, 0) is 61.3 Å². The highest BCUT2D eigenvalue weighted by Gasteiger charge is 2.55. The number of unbranched alkanes of at least 4 members (excludes halogenated alkanes) is 3. The van der Waals surface area contributed by atoms with Gasteiger partial charge in [-0.25, -0.2) is 0 Å². The van der Waals surface area contributed by atoms with Crippen molar-refractivity contribution in [3.05, 3.63) is 33.8 Å². The second kappa shape index (κ2) is 6.25. The van der Waals surface area contributed by atoms with E-state index in [1.165, 1.54) is 57.2 Å². The van der Waals surface area contributed by atoms with Crippen molar-refractivity contribution in [2.45, 2.75) is 44.9 Å². The molecule has 1 aromatic rings. The molecule has 1 N–H and O–H groups in total. The minimum Gasteiger partial charge on any atom is -0.316 e. The van der Waals surface area contributed by atoms with E-state index in [1.54, 1.807) is 0 Å². The Bertz CT molecular complexity index is 474. The largest absolute Gasteiger partial charge is 0.316 e. The van der Waals surface area contributed by atoms with Gasteiger partial charge in [0, 0.05) is 6.54 Å². The number of rotatable bonds is 7. The molecular weight excluding hydrogens is 289 g/mol. The van der Waals surface area contributed by atoms with Crippen molar-refractivity contribution in [2.75, 3.05) is 13.1 Å². The first-order chi connectivity index (χ1) is 9.70. The van der Waals surface area contributed by atoms with Crippen molar-refractivity contribution in [3.63, 3.8) is 0 Å². The molecule has 20 heavy (non-hydrogen) atoms. The fourth-order valence-corrected chi connectivity index (χ4v) is 4.00. The van der Waals surface area contributed by atoms with E-state index in [2.05, 4.69) is 11.4 Å². The highest BCUT2D eigenvalue weighted by atomic mass is 35.5. The van der Waals surface area contributed by atoms with E-state index < -0.39 is 0 Å². The summed E-state index contributed by atoms with van der Waals surface area (Å²) in [6.45, 7) is 2.55. The van der Waals surface area contributed by atoms with Crippen LogP contribution in [0.1, 0.15) is 44.1 Å². The van der Waals surface area contributed by atoms with Crippen LogP contribution in [-0.4, -0.2) is 13.1 Å². The first-order valence-corrected chi connectivity index (χ1v) is 8.60. The van der Waals surface area contributed by atoms with Crippen LogP contribution >= 0.6 is 23.2 Å². The molecule has 0 spiro atoms. The molecule has 1 aliphatic carbocycles. The summed E-state index contributed by atoms with van der Waals surface area (Å²) in [6, 6.07) is 5.99. The first-order valence-electron chi connectivity index (χ1n) is 7.84. The maximum absolute atomic E-state index is 6.03. The van der Waals surface area contributed by atoms with Crippen LogP contribution in [0.2, 0.25) is 10.0 Å². The Morgan fingerprint density at radius 1 is 1.10 bits per heavy atom. The third-order valence-electron chi connectivity index (χ3n) is 5.10. The molecule has 1 aliphatic heterocycles. The Labute approximate surface area is 132 Å². The average Bonchev–Trinajstić information content (AvgIpc) is 2.98. The van der Waals surface area contributed by atoms with Crippen molar-refractivity contribution in [2.24, 2.45) is 11.3 Å². The zero-order chi connectivity index (χ0) is 14.0. The summed E-state index contributed by atoms with van der Waals surface area (Å²) in [7, 11) is 0. The highest BCUT2D eigenvalue weighted by molar-refractivity contribution is 6.42. The topological polar surface area (TPSA) is 12.0 Å². The first kappa shape index (κ1) is 14.7. The van der Waals surface area contributed by atoms with Gasteiger partial charge in [-0.2, -0.15) is 0 Å². The van der Waals surface area contributed by atoms with Gasteiger partial charge in [-0.1, -0.05) is 48.5 Å². The maximum Gasteiger partial charge on any atom is 0.0595 e. The Morgan fingerprint density at radius 3 is 2.65 bits per heavy atom. The Morgan fingerprint density at radius 2 is 1.95 bits per heavy atom. The SMILES string of the molecule is Clc1ccc(CCCCCCC23CNCC2C3)cc1Cl. The molecule has 110 valence electrons. The summed E-state index contributed by atoms with van der Waals surface area (Å²) in [6.07, 6.45) is 9.41. The number of piperidine rings is 1. The summed E-state index contributed by atoms with van der Waals surface area (Å²) in [5.41, 5.74) is 2.03. The van der Waals surface area contributed by atoms with Crippen molar-refractivity contribution in [1.29, 1.82) is 0 Å². The number of nitrogens with one attached hydrogen (secondary N) is 1. The molecule has 1 nitrogen and oxygen atoms in total. The zero-order valence-electron chi connectivity index (χ0n) is 11.9. The fourth-order valence-electron chi connectivity index (χ4n) is 3.68. The van der Waals surface area contributed by atoms with E-state index in [4.69, 9.17) is 23.2 Å². The van der Waals surface area contributed by atoms with Crippen LogP contribution in [0.15, 0.2) is 18.2 Å². The van der Waals surface area contributed by atoms with Crippen LogP contribution in [0.4, 0.5) is 0 Å². The van der Waals surface area contributed by atoms with E-state index in [0.717, 1.165) is 17.8 Å². The third kappa shape index (κ3) is 3.32. The molecule has 0 amide bonds. The van der Waals surface area contributed by atoms with Crippen LogP contribution in [-0.2, 0) is 6.42 Å². The molecule has 2 fully saturated rings. The van der Waals surface area contributed by atoms with Gasteiger partial charge in [-0.15, -0.1) is 0 Å². The Hall–Kier alpha value is -0.240. The van der Waals surface area contributed by atoms with Gasteiger partial charge in [0.15, 0.2) is 0 Å². The highest BCUT2D eigenvalue weighted by Crippen LogP contribution is 2.58. The Balaban J connectivity index is 1.29. The van der Waals surface area contributed by atoms with Crippen molar-refractivity contribution in [3.8, 4) is 0 Å². The molecule has 3 rings (SSSR count). The van der Waals surface area contributed by atoms with Gasteiger partial charge in [-0.3, -0.25) is 0 Å². The van der Waals surface area contributed by atoms with E-state index in [-0.39, 0.29) is 0 Å². The summed E-state index contributed by atoms with van der Waals surface area (Å²) in [5.74, 6) is 1.01. The maximum atomic E-state index is 6.03. The van der Waals surface area contributed by atoms with Crippen LogP contribution < -0.4 is 5.32 Å². The minimum atomic E-state index is 0.652. The summed E-state index contributed by atoms with van der Waals surface area (Å²) >= 11 is 12.0. The number of halogens is 2. The van der Waals surface area contributed by atoms with Crippen molar-refractivity contribution >= 4 is 23.2 Å². The second-order valence-corrected chi connectivity index (χ2v) is 7.37. The number of fused-ring (bicyclic) bond motifs is 1. The van der Waals surface area contributed by atoms with Crippen molar-refractivity contribution < 1.29 is 0 Å².